The van der Waals surface area contributed by atoms with Crippen molar-refractivity contribution in [1.82, 2.24) is 4.90 Å². The van der Waals surface area contributed by atoms with Crippen molar-refractivity contribution in [3.63, 3.8) is 0 Å². The molecule has 1 heterocycles. The van der Waals surface area contributed by atoms with E-state index in [2.05, 4.69) is 29.2 Å². The summed E-state index contributed by atoms with van der Waals surface area (Å²) in [7, 11) is 1.62. The zero-order chi connectivity index (χ0) is 19.2. The van der Waals surface area contributed by atoms with E-state index in [-0.39, 0.29) is 12.0 Å². The number of hydrogen-bond donors (Lipinski definition) is 2. The van der Waals surface area contributed by atoms with Crippen LogP contribution in [0.2, 0.25) is 0 Å². The highest BCUT2D eigenvalue weighted by Gasteiger charge is 2.28. The van der Waals surface area contributed by atoms with Crippen molar-refractivity contribution in [2.24, 2.45) is 5.92 Å². The molecule has 2 aromatic rings. The van der Waals surface area contributed by atoms with Crippen LogP contribution in [0.5, 0.6) is 11.5 Å². The van der Waals surface area contributed by atoms with Crippen LogP contribution in [-0.4, -0.2) is 42.9 Å². The van der Waals surface area contributed by atoms with E-state index in [1.807, 2.05) is 25.1 Å². The highest BCUT2D eigenvalue weighted by molar-refractivity contribution is 5.62. The van der Waals surface area contributed by atoms with Crippen molar-refractivity contribution in [2.45, 2.75) is 32.4 Å². The van der Waals surface area contributed by atoms with Gasteiger partial charge in [-0.2, -0.15) is 0 Å². The van der Waals surface area contributed by atoms with Gasteiger partial charge in [-0.1, -0.05) is 30.3 Å². The number of nitrogens with zero attached hydrogens (tertiary/aromatic N) is 1. The Labute approximate surface area is 161 Å². The Kier molecular flexibility index (Phi) is 6.58. The molecule has 0 spiro atoms. The predicted octanol–water partition coefficient (Wildman–Crippen LogP) is 3.10. The van der Waals surface area contributed by atoms with Crippen LogP contribution in [-0.2, 0) is 13.0 Å². The smallest absolute Gasteiger partial charge is 0.184 e. The SMILES string of the molecule is CCOc1c(N)cc(CC2CN(Cc3ccccc3)CCC2O)cc1OC. The average molecular weight is 370 g/mol. The lowest BCUT2D eigenvalue weighted by Crippen LogP contribution is -2.43. The number of aliphatic hydroxyl groups is 1. The van der Waals surface area contributed by atoms with E-state index in [9.17, 15) is 5.11 Å². The molecule has 3 N–H and O–H groups in total. The topological polar surface area (TPSA) is 68.0 Å². The fourth-order valence-corrected chi connectivity index (χ4v) is 3.84. The molecular formula is C22H30N2O3. The largest absolute Gasteiger partial charge is 0.493 e. The molecule has 5 nitrogen and oxygen atoms in total. The minimum absolute atomic E-state index is 0.171. The summed E-state index contributed by atoms with van der Waals surface area (Å²) < 4.78 is 11.1. The number of ether oxygens (including phenoxy) is 2. The van der Waals surface area contributed by atoms with Crippen molar-refractivity contribution in [3.8, 4) is 11.5 Å². The third kappa shape index (κ3) is 4.93. The fraction of sp³-hybridized carbons (Fsp3) is 0.455. The van der Waals surface area contributed by atoms with Crippen molar-refractivity contribution in [3.05, 3.63) is 53.6 Å². The number of benzene rings is 2. The van der Waals surface area contributed by atoms with Crippen molar-refractivity contribution in [1.29, 1.82) is 0 Å². The first-order chi connectivity index (χ1) is 13.1. The van der Waals surface area contributed by atoms with Gasteiger partial charge in [0.2, 0.25) is 0 Å². The highest BCUT2D eigenvalue weighted by atomic mass is 16.5. The van der Waals surface area contributed by atoms with Gasteiger partial charge in [-0.25, -0.2) is 0 Å². The number of likely N-dealkylation sites (tertiary alicyclic amines) is 1. The molecule has 0 bridgehead atoms. The minimum atomic E-state index is -0.296. The number of piperidine rings is 1. The van der Waals surface area contributed by atoms with Crippen LogP contribution in [0.1, 0.15) is 24.5 Å². The molecule has 2 unspecified atom stereocenters. The predicted molar refractivity (Wildman–Crippen MR) is 108 cm³/mol. The van der Waals surface area contributed by atoms with E-state index in [1.54, 1.807) is 7.11 Å². The van der Waals surface area contributed by atoms with Gasteiger partial charge < -0.3 is 20.3 Å². The average Bonchev–Trinajstić information content (AvgIpc) is 2.67. The van der Waals surface area contributed by atoms with E-state index >= 15 is 0 Å². The summed E-state index contributed by atoms with van der Waals surface area (Å²) in [5, 5.41) is 10.5. The van der Waals surface area contributed by atoms with E-state index in [0.717, 1.165) is 38.0 Å². The first-order valence-electron chi connectivity index (χ1n) is 9.64. The zero-order valence-corrected chi connectivity index (χ0v) is 16.2. The van der Waals surface area contributed by atoms with Crippen LogP contribution < -0.4 is 15.2 Å². The summed E-state index contributed by atoms with van der Waals surface area (Å²) in [5.41, 5.74) is 9.13. The Morgan fingerprint density at radius 2 is 1.96 bits per heavy atom. The fourth-order valence-electron chi connectivity index (χ4n) is 3.84. The van der Waals surface area contributed by atoms with Crippen LogP contribution in [0.3, 0.4) is 0 Å². The number of anilines is 1. The van der Waals surface area contributed by atoms with Gasteiger partial charge in [0.15, 0.2) is 11.5 Å². The molecule has 1 aliphatic rings. The molecule has 1 saturated heterocycles. The van der Waals surface area contributed by atoms with Crippen LogP contribution >= 0.6 is 0 Å². The Bertz CT molecular complexity index is 736. The standard InChI is InChI=1S/C22H30N2O3/c1-3-27-22-19(23)12-17(13-21(22)26-2)11-18-15-24(10-9-20(18)25)14-16-7-5-4-6-8-16/h4-8,12-13,18,20,25H,3,9-11,14-15,23H2,1-2H3. The summed E-state index contributed by atoms with van der Waals surface area (Å²) in [6.07, 6.45) is 1.26. The minimum Gasteiger partial charge on any atom is -0.493 e. The molecule has 0 aliphatic carbocycles. The maximum Gasteiger partial charge on any atom is 0.184 e. The number of nitrogen functional groups attached to an aromatic ring is 1. The molecule has 1 fully saturated rings. The second-order valence-corrected chi connectivity index (χ2v) is 7.19. The van der Waals surface area contributed by atoms with Gasteiger partial charge >= 0.3 is 0 Å². The molecule has 27 heavy (non-hydrogen) atoms. The summed E-state index contributed by atoms with van der Waals surface area (Å²) in [5.74, 6) is 1.42. The number of hydrogen-bond acceptors (Lipinski definition) is 5. The second-order valence-electron chi connectivity index (χ2n) is 7.19. The van der Waals surface area contributed by atoms with Crippen LogP contribution in [0, 0.1) is 5.92 Å². The Morgan fingerprint density at radius 3 is 2.67 bits per heavy atom. The third-order valence-electron chi connectivity index (χ3n) is 5.18. The molecule has 2 aromatic carbocycles. The molecular weight excluding hydrogens is 340 g/mol. The quantitative estimate of drug-likeness (QED) is 0.733. The van der Waals surface area contributed by atoms with Gasteiger partial charge in [-0.15, -0.1) is 0 Å². The zero-order valence-electron chi connectivity index (χ0n) is 16.2. The number of methoxy groups -OCH3 is 1. The Morgan fingerprint density at radius 1 is 1.19 bits per heavy atom. The highest BCUT2D eigenvalue weighted by Crippen LogP contribution is 2.36. The molecule has 1 aliphatic heterocycles. The van der Waals surface area contributed by atoms with Crippen LogP contribution in [0.4, 0.5) is 5.69 Å². The lowest BCUT2D eigenvalue weighted by molar-refractivity contribution is 0.0239. The van der Waals surface area contributed by atoms with Gasteiger partial charge in [-0.3, -0.25) is 4.90 Å². The Balaban J connectivity index is 1.70. The van der Waals surface area contributed by atoms with Gasteiger partial charge in [0.25, 0.3) is 0 Å². The number of rotatable bonds is 7. The lowest BCUT2D eigenvalue weighted by atomic mass is 9.88. The van der Waals surface area contributed by atoms with Gasteiger partial charge in [0, 0.05) is 25.6 Å². The first kappa shape index (κ1) is 19.5. The first-order valence-corrected chi connectivity index (χ1v) is 9.64. The third-order valence-corrected chi connectivity index (χ3v) is 5.18. The van der Waals surface area contributed by atoms with E-state index < -0.39 is 0 Å². The maximum absolute atomic E-state index is 10.5. The maximum atomic E-state index is 10.5. The molecule has 0 aromatic heterocycles. The molecule has 0 amide bonds. The molecule has 0 saturated carbocycles. The molecule has 0 radical (unpaired) electrons. The van der Waals surface area contributed by atoms with Crippen molar-refractivity contribution >= 4 is 5.69 Å². The van der Waals surface area contributed by atoms with E-state index in [4.69, 9.17) is 15.2 Å². The summed E-state index contributed by atoms with van der Waals surface area (Å²) >= 11 is 0. The summed E-state index contributed by atoms with van der Waals surface area (Å²) in [6, 6.07) is 14.4. The number of aliphatic hydroxyl groups excluding tert-OH is 1. The van der Waals surface area contributed by atoms with Crippen LogP contribution in [0.25, 0.3) is 0 Å². The van der Waals surface area contributed by atoms with Crippen LogP contribution in [0.15, 0.2) is 42.5 Å². The summed E-state index contributed by atoms with van der Waals surface area (Å²) in [6.45, 7) is 5.16. The van der Waals surface area contributed by atoms with Crippen molar-refractivity contribution < 1.29 is 14.6 Å². The second kappa shape index (κ2) is 9.11. The number of nitrogens with two attached hydrogens (primary N) is 1. The Hall–Kier alpha value is -2.24. The van der Waals surface area contributed by atoms with E-state index in [0.29, 0.717) is 23.8 Å². The van der Waals surface area contributed by atoms with Gasteiger partial charge in [0.1, 0.15) is 0 Å². The van der Waals surface area contributed by atoms with Crippen molar-refractivity contribution in [2.75, 3.05) is 32.5 Å². The lowest BCUT2D eigenvalue weighted by Gasteiger charge is -2.36. The van der Waals surface area contributed by atoms with Gasteiger partial charge in [-0.05, 0) is 43.0 Å². The monoisotopic (exact) mass is 370 g/mol. The molecule has 3 rings (SSSR count). The summed E-state index contributed by atoms with van der Waals surface area (Å²) in [4.78, 5) is 2.42. The molecule has 2 atom stereocenters. The van der Waals surface area contributed by atoms with E-state index in [1.165, 1.54) is 5.56 Å². The molecule has 146 valence electrons. The van der Waals surface area contributed by atoms with Gasteiger partial charge in [0.05, 0.1) is 25.5 Å². The molecule has 5 heteroatoms. The normalized spacial score (nSPS) is 20.4.